The number of rotatable bonds is 1. The Morgan fingerprint density at radius 2 is 2.29 bits per heavy atom. The van der Waals surface area contributed by atoms with Crippen LogP contribution in [-0.2, 0) is 5.41 Å². The quantitative estimate of drug-likeness (QED) is 0.750. The lowest BCUT2D eigenvalue weighted by Crippen LogP contribution is -2.29. The van der Waals surface area contributed by atoms with Gasteiger partial charge in [0.05, 0.1) is 0 Å². The highest BCUT2D eigenvalue weighted by Crippen LogP contribution is 2.35. The standard InChI is InChI=1S/C12H16ClN/c1-9-7-14-8-12(9,2)10-4-3-5-11(13)6-10/h3-6,9,14H,7-8H2,1-2H3. The first-order valence-corrected chi connectivity index (χ1v) is 5.47. The Morgan fingerprint density at radius 3 is 2.86 bits per heavy atom. The summed E-state index contributed by atoms with van der Waals surface area (Å²) in [7, 11) is 0. The van der Waals surface area contributed by atoms with Crippen molar-refractivity contribution in [2.75, 3.05) is 13.1 Å². The Hall–Kier alpha value is -0.530. The van der Waals surface area contributed by atoms with E-state index in [-0.39, 0.29) is 5.41 Å². The largest absolute Gasteiger partial charge is 0.316 e. The number of benzene rings is 1. The molecule has 1 aliphatic rings. The van der Waals surface area contributed by atoms with Crippen molar-refractivity contribution in [1.82, 2.24) is 5.32 Å². The van der Waals surface area contributed by atoms with E-state index in [1.54, 1.807) is 0 Å². The first-order chi connectivity index (χ1) is 6.63. The number of nitrogens with one attached hydrogen (secondary N) is 1. The monoisotopic (exact) mass is 209 g/mol. The predicted octanol–water partition coefficient (Wildman–Crippen LogP) is 2.84. The molecule has 0 radical (unpaired) electrons. The molecule has 0 aromatic heterocycles. The third-order valence-corrected chi connectivity index (χ3v) is 3.75. The van der Waals surface area contributed by atoms with Crippen LogP contribution in [0.15, 0.2) is 24.3 Å². The van der Waals surface area contributed by atoms with E-state index >= 15 is 0 Å². The molecule has 1 nitrogen and oxygen atoms in total. The lowest BCUT2D eigenvalue weighted by atomic mass is 9.75. The van der Waals surface area contributed by atoms with E-state index in [9.17, 15) is 0 Å². The van der Waals surface area contributed by atoms with Crippen molar-refractivity contribution < 1.29 is 0 Å². The molecule has 1 aliphatic heterocycles. The number of halogens is 1. The van der Waals surface area contributed by atoms with Gasteiger partial charge < -0.3 is 5.32 Å². The molecule has 0 saturated carbocycles. The molecule has 76 valence electrons. The zero-order chi connectivity index (χ0) is 10.2. The molecule has 2 atom stereocenters. The number of hydrogen-bond acceptors (Lipinski definition) is 1. The lowest BCUT2D eigenvalue weighted by molar-refractivity contribution is 0.404. The summed E-state index contributed by atoms with van der Waals surface area (Å²) in [6, 6.07) is 8.23. The van der Waals surface area contributed by atoms with Gasteiger partial charge in [-0.2, -0.15) is 0 Å². The van der Waals surface area contributed by atoms with Gasteiger partial charge in [0.25, 0.3) is 0 Å². The molecule has 2 heteroatoms. The van der Waals surface area contributed by atoms with Gasteiger partial charge in [0.1, 0.15) is 0 Å². The first-order valence-electron chi connectivity index (χ1n) is 5.10. The van der Waals surface area contributed by atoms with Crippen LogP contribution in [0.25, 0.3) is 0 Å². The van der Waals surface area contributed by atoms with E-state index in [0.29, 0.717) is 5.92 Å². The lowest BCUT2D eigenvalue weighted by Gasteiger charge is -2.28. The molecule has 1 saturated heterocycles. The van der Waals surface area contributed by atoms with Crippen molar-refractivity contribution in [2.45, 2.75) is 19.3 Å². The van der Waals surface area contributed by atoms with Crippen molar-refractivity contribution in [2.24, 2.45) is 5.92 Å². The van der Waals surface area contributed by atoms with E-state index in [2.05, 4.69) is 31.3 Å². The fourth-order valence-corrected chi connectivity index (χ4v) is 2.37. The van der Waals surface area contributed by atoms with E-state index in [4.69, 9.17) is 11.6 Å². The van der Waals surface area contributed by atoms with Crippen LogP contribution in [0.5, 0.6) is 0 Å². The molecule has 14 heavy (non-hydrogen) atoms. The highest BCUT2D eigenvalue weighted by Gasteiger charge is 2.37. The summed E-state index contributed by atoms with van der Waals surface area (Å²) in [6.07, 6.45) is 0. The summed E-state index contributed by atoms with van der Waals surface area (Å²) in [4.78, 5) is 0. The van der Waals surface area contributed by atoms with E-state index in [0.717, 1.165) is 18.1 Å². The molecule has 1 fully saturated rings. The molecular weight excluding hydrogens is 194 g/mol. The number of hydrogen-bond donors (Lipinski definition) is 1. The molecule has 0 aliphatic carbocycles. The van der Waals surface area contributed by atoms with Crippen LogP contribution in [0, 0.1) is 5.92 Å². The molecule has 1 aromatic carbocycles. The van der Waals surface area contributed by atoms with Gasteiger partial charge in [0.2, 0.25) is 0 Å². The summed E-state index contributed by atoms with van der Waals surface area (Å²) in [5, 5.41) is 4.27. The Balaban J connectivity index is 2.38. The summed E-state index contributed by atoms with van der Waals surface area (Å²) >= 11 is 6.01. The van der Waals surface area contributed by atoms with Gasteiger partial charge >= 0.3 is 0 Å². The second-order valence-electron chi connectivity index (χ2n) is 4.46. The highest BCUT2D eigenvalue weighted by molar-refractivity contribution is 6.30. The minimum absolute atomic E-state index is 0.241. The topological polar surface area (TPSA) is 12.0 Å². The van der Waals surface area contributed by atoms with Gasteiger partial charge in [-0.05, 0) is 30.2 Å². The van der Waals surface area contributed by atoms with E-state index in [1.807, 2.05) is 12.1 Å². The fourth-order valence-electron chi connectivity index (χ4n) is 2.18. The maximum Gasteiger partial charge on any atom is 0.0408 e. The average molecular weight is 210 g/mol. The normalized spacial score (nSPS) is 32.1. The zero-order valence-electron chi connectivity index (χ0n) is 8.68. The predicted molar refractivity (Wildman–Crippen MR) is 60.8 cm³/mol. The van der Waals surface area contributed by atoms with Crippen molar-refractivity contribution in [3.05, 3.63) is 34.9 Å². The third kappa shape index (κ3) is 1.55. The Morgan fingerprint density at radius 1 is 1.50 bits per heavy atom. The smallest absolute Gasteiger partial charge is 0.0408 e. The molecular formula is C12H16ClN. The van der Waals surface area contributed by atoms with Gasteiger partial charge in [0.15, 0.2) is 0 Å². The van der Waals surface area contributed by atoms with Crippen LogP contribution < -0.4 is 5.32 Å². The summed E-state index contributed by atoms with van der Waals surface area (Å²) < 4.78 is 0. The average Bonchev–Trinajstić information content (AvgIpc) is 2.49. The maximum absolute atomic E-state index is 6.01. The van der Waals surface area contributed by atoms with Crippen LogP contribution in [0.1, 0.15) is 19.4 Å². The molecule has 0 amide bonds. The first kappa shape index (κ1) is 10.0. The Bertz CT molecular complexity index is 337. The van der Waals surface area contributed by atoms with Crippen LogP contribution in [-0.4, -0.2) is 13.1 Å². The second-order valence-corrected chi connectivity index (χ2v) is 4.90. The van der Waals surface area contributed by atoms with E-state index < -0.39 is 0 Å². The molecule has 1 aromatic rings. The summed E-state index contributed by atoms with van der Waals surface area (Å²) in [5.74, 6) is 0.668. The van der Waals surface area contributed by atoms with Gasteiger partial charge in [-0.1, -0.05) is 37.6 Å². The van der Waals surface area contributed by atoms with Crippen LogP contribution >= 0.6 is 11.6 Å². The molecule has 0 bridgehead atoms. The van der Waals surface area contributed by atoms with Crippen molar-refractivity contribution in [3.63, 3.8) is 0 Å². The molecule has 1 N–H and O–H groups in total. The van der Waals surface area contributed by atoms with Crippen LogP contribution in [0.3, 0.4) is 0 Å². The maximum atomic E-state index is 6.01. The Kier molecular flexibility index (Phi) is 2.54. The highest BCUT2D eigenvalue weighted by atomic mass is 35.5. The molecule has 2 unspecified atom stereocenters. The summed E-state index contributed by atoms with van der Waals surface area (Å²) in [5.41, 5.74) is 1.59. The second kappa shape index (κ2) is 3.56. The van der Waals surface area contributed by atoms with Crippen LogP contribution in [0.4, 0.5) is 0 Å². The van der Waals surface area contributed by atoms with Crippen molar-refractivity contribution in [3.8, 4) is 0 Å². The SMILES string of the molecule is CC1CNCC1(C)c1cccc(Cl)c1. The molecule has 1 heterocycles. The van der Waals surface area contributed by atoms with Gasteiger partial charge in [-0.15, -0.1) is 0 Å². The molecule has 2 rings (SSSR count). The minimum Gasteiger partial charge on any atom is -0.316 e. The third-order valence-electron chi connectivity index (χ3n) is 3.51. The van der Waals surface area contributed by atoms with Gasteiger partial charge in [-0.3, -0.25) is 0 Å². The summed E-state index contributed by atoms with van der Waals surface area (Å²) in [6.45, 7) is 6.75. The van der Waals surface area contributed by atoms with Crippen LogP contribution in [0.2, 0.25) is 5.02 Å². The van der Waals surface area contributed by atoms with E-state index in [1.165, 1.54) is 5.56 Å². The van der Waals surface area contributed by atoms with Gasteiger partial charge in [0, 0.05) is 17.0 Å². The molecule has 0 spiro atoms. The van der Waals surface area contributed by atoms with Crippen molar-refractivity contribution >= 4 is 11.6 Å². The van der Waals surface area contributed by atoms with Gasteiger partial charge in [-0.25, -0.2) is 0 Å². The van der Waals surface area contributed by atoms with Crippen molar-refractivity contribution in [1.29, 1.82) is 0 Å². The zero-order valence-corrected chi connectivity index (χ0v) is 9.43. The minimum atomic E-state index is 0.241. The fraction of sp³-hybridized carbons (Fsp3) is 0.500. The Labute approximate surface area is 90.5 Å².